The van der Waals surface area contributed by atoms with Crippen molar-refractivity contribution in [1.82, 2.24) is 0 Å². The summed E-state index contributed by atoms with van der Waals surface area (Å²) < 4.78 is 0. The molecule has 0 aliphatic heterocycles. The van der Waals surface area contributed by atoms with E-state index in [1.54, 1.807) is 0 Å². The predicted molar refractivity (Wildman–Crippen MR) is 112 cm³/mol. The molecule has 0 bridgehead atoms. The Balaban J connectivity index is 1.57. The van der Waals surface area contributed by atoms with Gasteiger partial charge in [-0.05, 0) is 108 Å². The number of aromatic hydroxyl groups is 1. The number of hydrogen-bond acceptors (Lipinski definition) is 1. The van der Waals surface area contributed by atoms with Crippen molar-refractivity contribution in [2.75, 3.05) is 0 Å². The monoisotopic (exact) mass is 366 g/mol. The van der Waals surface area contributed by atoms with Crippen LogP contribution in [0.4, 0.5) is 0 Å². The lowest BCUT2D eigenvalue weighted by Crippen LogP contribution is -2.61. The van der Waals surface area contributed by atoms with Crippen molar-refractivity contribution in [3.05, 3.63) is 29.3 Å². The molecule has 1 heteroatoms. The largest absolute Gasteiger partial charge is 0.508 e. The zero-order valence-corrected chi connectivity index (χ0v) is 18.1. The molecular formula is C26H38O. The molecule has 1 aromatic carbocycles. The van der Waals surface area contributed by atoms with Gasteiger partial charge in [0.1, 0.15) is 5.75 Å². The van der Waals surface area contributed by atoms with Gasteiger partial charge in [0.05, 0.1) is 0 Å². The maximum atomic E-state index is 10.2. The molecule has 3 fully saturated rings. The quantitative estimate of drug-likeness (QED) is 0.531. The first-order valence-corrected chi connectivity index (χ1v) is 11.4. The minimum absolute atomic E-state index is 0.257. The lowest BCUT2D eigenvalue weighted by atomic mass is 9.37. The van der Waals surface area contributed by atoms with Crippen LogP contribution in [0.15, 0.2) is 18.2 Å². The van der Waals surface area contributed by atoms with Gasteiger partial charge in [0, 0.05) is 0 Å². The van der Waals surface area contributed by atoms with Gasteiger partial charge in [-0.1, -0.05) is 47.1 Å². The van der Waals surface area contributed by atoms with Gasteiger partial charge >= 0.3 is 0 Å². The number of rotatable bonds is 0. The average molecular weight is 367 g/mol. The minimum Gasteiger partial charge on any atom is -0.508 e. The number of benzene rings is 1. The van der Waals surface area contributed by atoms with Gasteiger partial charge in [0.25, 0.3) is 0 Å². The molecule has 0 saturated heterocycles. The summed E-state index contributed by atoms with van der Waals surface area (Å²) in [6.07, 6.45) is 11.0. The number of hydrogen-bond donors (Lipinski definition) is 1. The van der Waals surface area contributed by atoms with E-state index in [0.29, 0.717) is 22.0 Å². The third kappa shape index (κ3) is 2.18. The molecule has 1 nitrogen and oxygen atoms in total. The van der Waals surface area contributed by atoms with Crippen LogP contribution in [-0.2, 0) is 11.8 Å². The van der Waals surface area contributed by atoms with Gasteiger partial charge in [0.15, 0.2) is 0 Å². The van der Waals surface area contributed by atoms with Crippen LogP contribution in [0.5, 0.6) is 5.75 Å². The Morgan fingerprint density at radius 2 is 1.52 bits per heavy atom. The highest BCUT2D eigenvalue weighted by atomic mass is 16.3. The summed E-state index contributed by atoms with van der Waals surface area (Å²) in [5.41, 5.74) is 4.71. The Hall–Kier alpha value is -0.980. The first-order chi connectivity index (χ1) is 12.6. The van der Waals surface area contributed by atoms with Crippen LogP contribution >= 0.6 is 0 Å². The molecule has 0 aromatic heterocycles. The first kappa shape index (κ1) is 18.1. The summed E-state index contributed by atoms with van der Waals surface area (Å²) in [5, 5.41) is 10.2. The molecule has 5 rings (SSSR count). The van der Waals surface area contributed by atoms with Crippen LogP contribution in [0.25, 0.3) is 0 Å². The molecule has 1 N–H and O–H groups in total. The second-order valence-corrected chi connectivity index (χ2v) is 12.1. The molecule has 6 atom stereocenters. The molecule has 4 aliphatic carbocycles. The van der Waals surface area contributed by atoms with Gasteiger partial charge in [-0.2, -0.15) is 0 Å². The van der Waals surface area contributed by atoms with E-state index in [1.807, 2.05) is 6.07 Å². The third-order valence-electron chi connectivity index (χ3n) is 10.5. The summed E-state index contributed by atoms with van der Waals surface area (Å²) >= 11 is 0. The van der Waals surface area contributed by atoms with Crippen molar-refractivity contribution in [3.8, 4) is 5.75 Å². The lowest BCUT2D eigenvalue weighted by Gasteiger charge is -2.67. The average Bonchev–Trinajstić information content (AvgIpc) is 2.87. The van der Waals surface area contributed by atoms with Gasteiger partial charge in [-0.3, -0.25) is 0 Å². The van der Waals surface area contributed by atoms with E-state index in [-0.39, 0.29) is 5.41 Å². The third-order valence-corrected chi connectivity index (χ3v) is 10.5. The highest BCUT2D eigenvalue weighted by molar-refractivity contribution is 5.46. The Labute approximate surface area is 166 Å². The zero-order valence-electron chi connectivity index (χ0n) is 18.1. The molecule has 0 unspecified atom stereocenters. The normalized spacial score (nSPS) is 47.5. The van der Waals surface area contributed by atoms with Gasteiger partial charge < -0.3 is 5.11 Å². The zero-order chi connectivity index (χ0) is 19.2. The van der Waals surface area contributed by atoms with E-state index < -0.39 is 0 Å². The molecule has 1 aromatic rings. The standard InChI is InChI=1S/C26H38O/c1-23(2)11-6-12-25(4)20(23)9-14-26(5)21(25)10-13-24(3)19-16-18(27)8-7-17(19)15-22(24)26/h7-8,16,20-22,27H,6,9-15H2,1-5H3/t20-,21+,22+,24+,25-,26+/m0/s1. The molecule has 4 aliphatic rings. The predicted octanol–water partition coefficient (Wildman–Crippen LogP) is 6.86. The van der Waals surface area contributed by atoms with Crippen LogP contribution in [0.1, 0.15) is 90.7 Å². The first-order valence-electron chi connectivity index (χ1n) is 11.4. The molecule has 0 radical (unpaired) electrons. The van der Waals surface area contributed by atoms with Crippen molar-refractivity contribution in [2.45, 2.75) is 91.4 Å². The van der Waals surface area contributed by atoms with E-state index in [9.17, 15) is 5.11 Å². The fraction of sp³-hybridized carbons (Fsp3) is 0.769. The summed E-state index contributed by atoms with van der Waals surface area (Å²) in [4.78, 5) is 0. The maximum absolute atomic E-state index is 10.2. The van der Waals surface area contributed by atoms with Crippen molar-refractivity contribution in [1.29, 1.82) is 0 Å². The van der Waals surface area contributed by atoms with Crippen molar-refractivity contribution >= 4 is 0 Å². The van der Waals surface area contributed by atoms with Crippen molar-refractivity contribution in [2.24, 2.45) is 34.0 Å². The molecule has 148 valence electrons. The molecular weight excluding hydrogens is 328 g/mol. The number of phenolic OH excluding ortho intramolecular Hbond substituents is 1. The second-order valence-electron chi connectivity index (χ2n) is 12.1. The topological polar surface area (TPSA) is 20.2 Å². The Morgan fingerprint density at radius 3 is 2.30 bits per heavy atom. The Kier molecular flexibility index (Phi) is 3.57. The van der Waals surface area contributed by atoms with Crippen molar-refractivity contribution < 1.29 is 5.11 Å². The van der Waals surface area contributed by atoms with Crippen molar-refractivity contribution in [3.63, 3.8) is 0 Å². The lowest BCUT2D eigenvalue weighted by molar-refractivity contribution is -0.175. The summed E-state index contributed by atoms with van der Waals surface area (Å²) in [6, 6.07) is 6.21. The summed E-state index contributed by atoms with van der Waals surface area (Å²) in [5.74, 6) is 2.95. The molecule has 0 heterocycles. The molecule has 27 heavy (non-hydrogen) atoms. The van der Waals surface area contributed by atoms with Gasteiger partial charge in [0.2, 0.25) is 0 Å². The van der Waals surface area contributed by atoms with E-state index in [1.165, 1.54) is 62.5 Å². The van der Waals surface area contributed by atoms with E-state index in [0.717, 1.165) is 17.8 Å². The fourth-order valence-electron chi connectivity index (χ4n) is 9.38. The van der Waals surface area contributed by atoms with Crippen LogP contribution in [0, 0.1) is 34.0 Å². The molecule has 0 amide bonds. The number of fused-ring (bicyclic) bond motifs is 7. The minimum atomic E-state index is 0.257. The van der Waals surface area contributed by atoms with Crippen LogP contribution in [-0.4, -0.2) is 5.11 Å². The number of phenols is 1. The van der Waals surface area contributed by atoms with E-state index >= 15 is 0 Å². The SMILES string of the molecule is CC1(C)CCC[C@]2(C)[C@H]3CC[C@]4(C)c5cc(O)ccc5C[C@H]4[C@]3(C)CC[C@@H]12. The van der Waals surface area contributed by atoms with E-state index in [2.05, 4.69) is 46.8 Å². The van der Waals surface area contributed by atoms with Gasteiger partial charge in [-0.25, -0.2) is 0 Å². The van der Waals surface area contributed by atoms with E-state index in [4.69, 9.17) is 0 Å². The fourth-order valence-corrected chi connectivity index (χ4v) is 9.38. The van der Waals surface area contributed by atoms with Crippen LogP contribution < -0.4 is 0 Å². The maximum Gasteiger partial charge on any atom is 0.115 e. The highest BCUT2D eigenvalue weighted by Gasteiger charge is 2.65. The second kappa shape index (κ2) is 5.33. The molecule has 3 saturated carbocycles. The Bertz CT molecular complexity index is 778. The van der Waals surface area contributed by atoms with Crippen LogP contribution in [0.2, 0.25) is 0 Å². The smallest absolute Gasteiger partial charge is 0.115 e. The van der Waals surface area contributed by atoms with Crippen LogP contribution in [0.3, 0.4) is 0 Å². The Morgan fingerprint density at radius 1 is 0.815 bits per heavy atom. The van der Waals surface area contributed by atoms with Gasteiger partial charge in [-0.15, -0.1) is 0 Å². The highest BCUT2D eigenvalue weighted by Crippen LogP contribution is 2.72. The molecule has 0 spiro atoms. The summed E-state index contributed by atoms with van der Waals surface area (Å²) in [7, 11) is 0. The summed E-state index contributed by atoms with van der Waals surface area (Å²) in [6.45, 7) is 13.0.